The second kappa shape index (κ2) is 10.7. The van der Waals surface area contributed by atoms with Crippen molar-refractivity contribution < 1.29 is 14.7 Å². The van der Waals surface area contributed by atoms with Crippen LogP contribution in [0.4, 0.5) is 0 Å². The SMILES string of the molecule is CCCCCCCCCC(C(=O)O)(C(=O)c1ccccc1)c1ccccc1. The number of benzene rings is 2. The summed E-state index contributed by atoms with van der Waals surface area (Å²) in [5.74, 6) is -1.39. The van der Waals surface area contributed by atoms with E-state index in [1.54, 1.807) is 48.5 Å². The summed E-state index contributed by atoms with van der Waals surface area (Å²) >= 11 is 0. The zero-order valence-electron chi connectivity index (χ0n) is 16.2. The third-order valence-corrected chi connectivity index (χ3v) is 5.21. The Bertz CT molecular complexity index is 709. The van der Waals surface area contributed by atoms with Crippen LogP contribution in [0.2, 0.25) is 0 Å². The smallest absolute Gasteiger partial charge is 0.322 e. The second-order valence-corrected chi connectivity index (χ2v) is 7.14. The number of unbranched alkanes of at least 4 members (excludes halogenated alkanes) is 6. The lowest BCUT2D eigenvalue weighted by molar-refractivity contribution is -0.142. The van der Waals surface area contributed by atoms with Crippen molar-refractivity contribution >= 4 is 11.8 Å². The maximum Gasteiger partial charge on any atom is 0.322 e. The van der Waals surface area contributed by atoms with Gasteiger partial charge in [-0.25, -0.2) is 0 Å². The van der Waals surface area contributed by atoms with E-state index in [1.807, 2.05) is 12.1 Å². The third kappa shape index (κ3) is 5.29. The lowest BCUT2D eigenvalue weighted by Gasteiger charge is -2.29. The Kier molecular flexibility index (Phi) is 8.25. The first-order chi connectivity index (χ1) is 13.1. The number of carbonyl (C=O) groups excluding carboxylic acids is 1. The van der Waals surface area contributed by atoms with Gasteiger partial charge in [-0.2, -0.15) is 0 Å². The van der Waals surface area contributed by atoms with Gasteiger partial charge >= 0.3 is 5.97 Å². The Balaban J connectivity index is 2.22. The van der Waals surface area contributed by atoms with Crippen molar-refractivity contribution in [3.8, 4) is 0 Å². The van der Waals surface area contributed by atoms with E-state index in [-0.39, 0.29) is 5.78 Å². The van der Waals surface area contributed by atoms with E-state index in [0.717, 1.165) is 19.3 Å². The summed E-state index contributed by atoms with van der Waals surface area (Å²) < 4.78 is 0. The summed E-state index contributed by atoms with van der Waals surface area (Å²) in [7, 11) is 0. The Hall–Kier alpha value is -2.42. The van der Waals surface area contributed by atoms with Crippen molar-refractivity contribution in [3.63, 3.8) is 0 Å². The summed E-state index contributed by atoms with van der Waals surface area (Å²) in [5, 5.41) is 10.2. The van der Waals surface area contributed by atoms with Gasteiger partial charge in [-0.1, -0.05) is 113 Å². The zero-order valence-corrected chi connectivity index (χ0v) is 16.2. The van der Waals surface area contributed by atoms with Crippen LogP contribution in [-0.2, 0) is 10.2 Å². The number of carbonyl (C=O) groups is 2. The van der Waals surface area contributed by atoms with Gasteiger partial charge in [0.1, 0.15) is 0 Å². The van der Waals surface area contributed by atoms with Crippen molar-refractivity contribution in [1.82, 2.24) is 0 Å². The highest BCUT2D eigenvalue weighted by molar-refractivity contribution is 6.16. The van der Waals surface area contributed by atoms with E-state index in [0.29, 0.717) is 17.5 Å². The van der Waals surface area contributed by atoms with Crippen molar-refractivity contribution in [3.05, 3.63) is 71.8 Å². The fraction of sp³-hybridized carbons (Fsp3) is 0.417. The summed E-state index contributed by atoms with van der Waals surface area (Å²) in [4.78, 5) is 25.8. The van der Waals surface area contributed by atoms with E-state index in [1.165, 1.54) is 25.7 Å². The molecule has 1 unspecified atom stereocenters. The van der Waals surface area contributed by atoms with Crippen LogP contribution >= 0.6 is 0 Å². The van der Waals surface area contributed by atoms with Crippen LogP contribution in [0.15, 0.2) is 60.7 Å². The minimum atomic E-state index is -1.52. The van der Waals surface area contributed by atoms with Gasteiger partial charge in [0, 0.05) is 5.56 Å². The molecule has 0 amide bonds. The number of Topliss-reactive ketones (excluding diaryl/α,β-unsaturated/α-hetero) is 1. The number of hydrogen-bond donors (Lipinski definition) is 1. The third-order valence-electron chi connectivity index (χ3n) is 5.21. The van der Waals surface area contributed by atoms with Gasteiger partial charge in [-0.3, -0.25) is 9.59 Å². The number of carboxylic acid groups (broad SMARTS) is 1. The summed E-state index contributed by atoms with van der Waals surface area (Å²) in [5.41, 5.74) is -0.504. The van der Waals surface area contributed by atoms with Crippen LogP contribution in [0, 0.1) is 0 Å². The van der Waals surface area contributed by atoms with E-state index < -0.39 is 11.4 Å². The first-order valence-electron chi connectivity index (χ1n) is 10.0. The Morgan fingerprint density at radius 1 is 0.778 bits per heavy atom. The highest BCUT2D eigenvalue weighted by Gasteiger charge is 2.47. The van der Waals surface area contributed by atoms with Crippen LogP contribution in [-0.4, -0.2) is 16.9 Å². The van der Waals surface area contributed by atoms with Crippen LogP contribution < -0.4 is 0 Å². The molecule has 1 atom stereocenters. The fourth-order valence-electron chi connectivity index (χ4n) is 3.62. The van der Waals surface area contributed by atoms with Gasteiger partial charge in [0.2, 0.25) is 0 Å². The first-order valence-corrected chi connectivity index (χ1v) is 10.0. The predicted octanol–water partition coefficient (Wildman–Crippen LogP) is 6.03. The van der Waals surface area contributed by atoms with Gasteiger partial charge in [0.05, 0.1) is 0 Å². The molecule has 0 fully saturated rings. The second-order valence-electron chi connectivity index (χ2n) is 7.14. The van der Waals surface area contributed by atoms with Gasteiger partial charge in [0.25, 0.3) is 0 Å². The highest BCUT2D eigenvalue weighted by atomic mass is 16.4. The molecule has 2 aromatic rings. The molecule has 0 bridgehead atoms. The summed E-state index contributed by atoms with van der Waals surface area (Å²) in [6.07, 6.45) is 7.95. The lowest BCUT2D eigenvalue weighted by Crippen LogP contribution is -2.44. The van der Waals surface area contributed by atoms with Crippen molar-refractivity contribution in [2.24, 2.45) is 0 Å². The molecule has 0 spiro atoms. The minimum Gasteiger partial charge on any atom is -0.480 e. The number of rotatable bonds is 12. The van der Waals surface area contributed by atoms with E-state index in [9.17, 15) is 14.7 Å². The molecule has 0 saturated carbocycles. The first kappa shape index (κ1) is 20.9. The number of ketones is 1. The molecule has 0 aromatic heterocycles. The summed E-state index contributed by atoms with van der Waals surface area (Å²) in [6.45, 7) is 2.19. The topological polar surface area (TPSA) is 54.4 Å². The molecule has 27 heavy (non-hydrogen) atoms. The number of carboxylic acids is 1. The fourth-order valence-corrected chi connectivity index (χ4v) is 3.62. The quantitative estimate of drug-likeness (QED) is 0.283. The van der Waals surface area contributed by atoms with Crippen LogP contribution in [0.5, 0.6) is 0 Å². The number of hydrogen-bond acceptors (Lipinski definition) is 2. The molecule has 0 aliphatic carbocycles. The normalized spacial score (nSPS) is 13.1. The molecule has 2 rings (SSSR count). The standard InChI is InChI=1S/C24H30O3/c1-2-3-4-5-6-7-14-19-24(23(26)27,21-17-12-9-13-18-21)22(25)20-15-10-8-11-16-20/h8-13,15-18H,2-7,14,19H2,1H3,(H,26,27). The van der Waals surface area contributed by atoms with Crippen molar-refractivity contribution in [2.45, 2.75) is 63.7 Å². The Morgan fingerprint density at radius 2 is 1.30 bits per heavy atom. The Labute approximate surface area is 162 Å². The highest BCUT2D eigenvalue weighted by Crippen LogP contribution is 2.35. The van der Waals surface area contributed by atoms with Crippen LogP contribution in [0.1, 0.15) is 74.2 Å². The molecule has 2 aromatic carbocycles. The van der Waals surface area contributed by atoms with Gasteiger partial charge in [-0.15, -0.1) is 0 Å². The molecule has 0 heterocycles. The average Bonchev–Trinajstić information content (AvgIpc) is 2.71. The molecule has 0 aliphatic heterocycles. The van der Waals surface area contributed by atoms with Gasteiger partial charge in [0.15, 0.2) is 11.2 Å². The average molecular weight is 367 g/mol. The molecular formula is C24H30O3. The Morgan fingerprint density at radius 3 is 1.85 bits per heavy atom. The maximum absolute atomic E-state index is 13.3. The maximum atomic E-state index is 13.3. The number of aliphatic carboxylic acids is 1. The van der Waals surface area contributed by atoms with E-state index in [4.69, 9.17) is 0 Å². The summed E-state index contributed by atoms with van der Waals surface area (Å²) in [6, 6.07) is 17.8. The van der Waals surface area contributed by atoms with Crippen LogP contribution in [0.3, 0.4) is 0 Å². The van der Waals surface area contributed by atoms with Crippen molar-refractivity contribution in [2.75, 3.05) is 0 Å². The largest absolute Gasteiger partial charge is 0.480 e. The zero-order chi connectivity index (χ0) is 19.5. The van der Waals surface area contributed by atoms with Crippen molar-refractivity contribution in [1.29, 1.82) is 0 Å². The molecule has 144 valence electrons. The van der Waals surface area contributed by atoms with E-state index >= 15 is 0 Å². The van der Waals surface area contributed by atoms with Gasteiger partial charge < -0.3 is 5.11 Å². The predicted molar refractivity (Wildman–Crippen MR) is 109 cm³/mol. The molecule has 3 nitrogen and oxygen atoms in total. The van der Waals surface area contributed by atoms with Crippen LogP contribution in [0.25, 0.3) is 0 Å². The van der Waals surface area contributed by atoms with Gasteiger partial charge in [-0.05, 0) is 12.0 Å². The van der Waals surface area contributed by atoms with E-state index in [2.05, 4.69) is 6.92 Å². The molecular weight excluding hydrogens is 336 g/mol. The molecule has 1 N–H and O–H groups in total. The molecule has 3 heteroatoms. The molecule has 0 radical (unpaired) electrons. The molecule has 0 aliphatic rings. The minimum absolute atomic E-state index is 0.326. The molecule has 0 saturated heterocycles. The monoisotopic (exact) mass is 366 g/mol. The lowest BCUT2D eigenvalue weighted by atomic mass is 9.71.